The maximum Gasteiger partial charge on any atom is 0.221 e. The van der Waals surface area contributed by atoms with E-state index in [-0.39, 0.29) is 35.9 Å². The lowest BCUT2D eigenvalue weighted by Crippen LogP contribution is -2.49. The second kappa shape index (κ2) is 10.2. The normalized spacial score (nSPS) is 22.8. The number of amides is 1. The molecule has 2 atom stereocenters. The molecule has 1 heterocycles. The zero-order valence-electron chi connectivity index (χ0n) is 14.0. The predicted octanol–water partition coefficient (Wildman–Crippen LogP) is 2.07. The zero-order valence-corrected chi connectivity index (χ0v) is 16.3. The fourth-order valence-electron chi connectivity index (χ4n) is 2.85. The van der Waals surface area contributed by atoms with Gasteiger partial charge in [0.05, 0.1) is 0 Å². The van der Waals surface area contributed by atoms with E-state index in [1.54, 1.807) is 7.05 Å². The molecule has 2 N–H and O–H groups in total. The number of nitrogens with one attached hydrogen (secondary N) is 2. The number of guanidine groups is 1. The monoisotopic (exact) mass is 410 g/mol. The van der Waals surface area contributed by atoms with Crippen molar-refractivity contribution in [1.29, 1.82) is 0 Å². The van der Waals surface area contributed by atoms with E-state index in [0.717, 1.165) is 19.0 Å². The van der Waals surface area contributed by atoms with Crippen LogP contribution < -0.4 is 10.6 Å². The van der Waals surface area contributed by atoms with E-state index >= 15 is 0 Å². The van der Waals surface area contributed by atoms with Crippen LogP contribution in [0.2, 0.25) is 0 Å². The molecule has 0 bridgehead atoms. The van der Waals surface area contributed by atoms with Crippen molar-refractivity contribution in [1.82, 2.24) is 15.5 Å². The Kier molecular flexibility index (Phi) is 9.98. The minimum atomic E-state index is 0. The average Bonchev–Trinajstić information content (AvgIpc) is 2.32. The second-order valence-corrected chi connectivity index (χ2v) is 6.30. The quantitative estimate of drug-likeness (QED) is 0.424. The van der Waals surface area contributed by atoms with Gasteiger partial charge >= 0.3 is 0 Å². The van der Waals surface area contributed by atoms with Crippen LogP contribution in [0.4, 0.5) is 0 Å². The summed E-state index contributed by atoms with van der Waals surface area (Å²) in [5, 5.41) is 6.20. The predicted molar refractivity (Wildman–Crippen MR) is 99.2 cm³/mol. The molecule has 124 valence electrons. The van der Waals surface area contributed by atoms with Gasteiger partial charge in [0.15, 0.2) is 5.96 Å². The first-order valence-corrected chi connectivity index (χ1v) is 7.67. The van der Waals surface area contributed by atoms with Gasteiger partial charge < -0.3 is 15.5 Å². The molecular weight excluding hydrogens is 379 g/mol. The summed E-state index contributed by atoms with van der Waals surface area (Å²) in [6, 6.07) is 0.200. The van der Waals surface area contributed by atoms with Crippen molar-refractivity contribution >= 4 is 35.8 Å². The first kappa shape index (κ1) is 20.5. The Labute approximate surface area is 146 Å². The van der Waals surface area contributed by atoms with Crippen molar-refractivity contribution in [2.24, 2.45) is 16.8 Å². The molecule has 1 aliphatic rings. The van der Waals surface area contributed by atoms with E-state index in [2.05, 4.69) is 34.4 Å². The van der Waals surface area contributed by atoms with Gasteiger partial charge in [-0.05, 0) is 32.1 Å². The molecule has 1 amide bonds. The van der Waals surface area contributed by atoms with Crippen molar-refractivity contribution in [2.45, 2.75) is 46.6 Å². The summed E-state index contributed by atoms with van der Waals surface area (Å²) in [7, 11) is 1.81. The molecular formula is C15H31IN4O. The maximum atomic E-state index is 11.6. The molecule has 5 nitrogen and oxygen atoms in total. The smallest absolute Gasteiger partial charge is 0.221 e. The van der Waals surface area contributed by atoms with Crippen LogP contribution >= 0.6 is 24.0 Å². The van der Waals surface area contributed by atoms with E-state index in [1.165, 1.54) is 6.42 Å². The molecule has 0 radical (unpaired) electrons. The highest BCUT2D eigenvalue weighted by Crippen LogP contribution is 2.20. The number of rotatable bonds is 4. The summed E-state index contributed by atoms with van der Waals surface area (Å²) in [6.45, 7) is 11.2. The number of piperidine rings is 1. The van der Waals surface area contributed by atoms with Gasteiger partial charge in [0, 0.05) is 39.1 Å². The lowest BCUT2D eigenvalue weighted by Gasteiger charge is -2.37. The van der Waals surface area contributed by atoms with Crippen LogP contribution in [-0.4, -0.2) is 49.5 Å². The number of hydrogen-bond donors (Lipinski definition) is 2. The molecule has 1 saturated heterocycles. The summed E-state index contributed by atoms with van der Waals surface area (Å²) in [5.74, 6) is 2.40. The number of halogens is 1. The summed E-state index contributed by atoms with van der Waals surface area (Å²) >= 11 is 0. The van der Waals surface area contributed by atoms with E-state index in [1.807, 2.05) is 13.8 Å². The number of nitrogens with zero attached hydrogens (tertiary/aromatic N) is 2. The molecule has 1 rings (SSSR count). The highest BCUT2D eigenvalue weighted by Gasteiger charge is 2.23. The highest BCUT2D eigenvalue weighted by atomic mass is 127. The molecule has 1 fully saturated rings. The first-order chi connectivity index (χ1) is 9.42. The van der Waals surface area contributed by atoms with E-state index in [9.17, 15) is 4.79 Å². The van der Waals surface area contributed by atoms with Crippen LogP contribution in [0.1, 0.15) is 40.5 Å². The van der Waals surface area contributed by atoms with Gasteiger partial charge in [-0.3, -0.25) is 9.79 Å². The molecule has 0 aromatic carbocycles. The van der Waals surface area contributed by atoms with Crippen molar-refractivity contribution in [3.05, 3.63) is 0 Å². The number of aliphatic imine (C=N–C) groups is 1. The molecule has 21 heavy (non-hydrogen) atoms. The van der Waals surface area contributed by atoms with Gasteiger partial charge in [-0.2, -0.15) is 0 Å². The zero-order chi connectivity index (χ0) is 15.1. The summed E-state index contributed by atoms with van der Waals surface area (Å²) in [6.07, 6.45) is 1.76. The van der Waals surface area contributed by atoms with Gasteiger partial charge in [-0.25, -0.2) is 0 Å². The lowest BCUT2D eigenvalue weighted by atomic mass is 9.92. The molecule has 2 unspecified atom stereocenters. The molecule has 0 aromatic rings. The Hall–Kier alpha value is -0.530. The van der Waals surface area contributed by atoms with Gasteiger partial charge in [-0.1, -0.05) is 13.8 Å². The van der Waals surface area contributed by atoms with Crippen LogP contribution in [0.25, 0.3) is 0 Å². The van der Waals surface area contributed by atoms with Crippen LogP contribution in [-0.2, 0) is 4.79 Å². The Balaban J connectivity index is 0.00000400. The second-order valence-electron chi connectivity index (χ2n) is 6.30. The van der Waals surface area contributed by atoms with Gasteiger partial charge in [0.1, 0.15) is 0 Å². The van der Waals surface area contributed by atoms with Crippen molar-refractivity contribution in [2.75, 3.05) is 26.7 Å². The number of carbonyl (C=O) groups is 1. The minimum Gasteiger partial charge on any atom is -0.356 e. The highest BCUT2D eigenvalue weighted by molar-refractivity contribution is 14.0. The largest absolute Gasteiger partial charge is 0.356 e. The van der Waals surface area contributed by atoms with Crippen LogP contribution in [0.3, 0.4) is 0 Å². The number of carbonyl (C=O) groups excluding carboxylic acids is 1. The summed E-state index contributed by atoms with van der Waals surface area (Å²) in [4.78, 5) is 18.2. The Morgan fingerprint density at radius 2 is 1.86 bits per heavy atom. The Bertz CT molecular complexity index is 337. The summed E-state index contributed by atoms with van der Waals surface area (Å²) in [5.41, 5.74) is 0. The number of hydrogen-bond acceptors (Lipinski definition) is 2. The first-order valence-electron chi connectivity index (χ1n) is 7.67. The third-order valence-electron chi connectivity index (χ3n) is 3.47. The molecule has 1 aliphatic heterocycles. The van der Waals surface area contributed by atoms with Gasteiger partial charge in [0.25, 0.3) is 0 Å². The van der Waals surface area contributed by atoms with Crippen molar-refractivity contribution < 1.29 is 4.79 Å². The van der Waals surface area contributed by atoms with Crippen LogP contribution in [0, 0.1) is 11.8 Å². The molecule has 6 heteroatoms. The average molecular weight is 410 g/mol. The van der Waals surface area contributed by atoms with Crippen LogP contribution in [0.15, 0.2) is 4.99 Å². The SMILES string of the molecule is CN=C(NCCC(=O)NC(C)C)N1CC(C)CC(C)C1.I. The van der Waals surface area contributed by atoms with E-state index in [4.69, 9.17) is 0 Å². The summed E-state index contributed by atoms with van der Waals surface area (Å²) < 4.78 is 0. The topological polar surface area (TPSA) is 56.7 Å². The van der Waals surface area contributed by atoms with Gasteiger partial charge in [-0.15, -0.1) is 24.0 Å². The van der Waals surface area contributed by atoms with E-state index < -0.39 is 0 Å². The molecule has 0 saturated carbocycles. The third kappa shape index (κ3) is 7.87. The maximum absolute atomic E-state index is 11.6. The number of likely N-dealkylation sites (tertiary alicyclic amines) is 1. The lowest BCUT2D eigenvalue weighted by molar-refractivity contribution is -0.121. The molecule has 0 spiro atoms. The fraction of sp³-hybridized carbons (Fsp3) is 0.867. The van der Waals surface area contributed by atoms with E-state index in [0.29, 0.717) is 24.8 Å². The minimum absolute atomic E-state index is 0. The van der Waals surface area contributed by atoms with Crippen molar-refractivity contribution in [3.63, 3.8) is 0 Å². The standard InChI is InChI=1S/C15H30N4O.HI/c1-11(2)18-14(20)6-7-17-15(16-5)19-9-12(3)8-13(4)10-19;/h11-13H,6-10H2,1-5H3,(H,16,17)(H,18,20);1H. The van der Waals surface area contributed by atoms with Gasteiger partial charge in [0.2, 0.25) is 5.91 Å². The Morgan fingerprint density at radius 3 is 2.33 bits per heavy atom. The molecule has 0 aromatic heterocycles. The molecule has 0 aliphatic carbocycles. The van der Waals surface area contributed by atoms with Crippen LogP contribution in [0.5, 0.6) is 0 Å². The Morgan fingerprint density at radius 1 is 1.29 bits per heavy atom. The van der Waals surface area contributed by atoms with Crippen molar-refractivity contribution in [3.8, 4) is 0 Å². The third-order valence-corrected chi connectivity index (χ3v) is 3.47. The fourth-order valence-corrected chi connectivity index (χ4v) is 2.85.